The molecule has 0 spiro atoms. The zero-order valence-electron chi connectivity index (χ0n) is 17.2. The summed E-state index contributed by atoms with van der Waals surface area (Å²) < 4.78 is 5.93. The second-order valence-electron chi connectivity index (χ2n) is 7.32. The van der Waals surface area contributed by atoms with Crippen molar-refractivity contribution in [3.63, 3.8) is 0 Å². The minimum absolute atomic E-state index is 0.213. The predicted octanol–water partition coefficient (Wildman–Crippen LogP) is 3.77. The quantitative estimate of drug-likeness (QED) is 0.567. The Hall–Kier alpha value is -3.19. The van der Waals surface area contributed by atoms with Crippen LogP contribution in [0.15, 0.2) is 42.5 Å². The highest BCUT2D eigenvalue weighted by Crippen LogP contribution is 2.25. The molecular weight excluding hydrogens is 366 g/mol. The number of anilines is 1. The summed E-state index contributed by atoms with van der Waals surface area (Å²) in [6.45, 7) is 8.28. The van der Waals surface area contributed by atoms with Crippen LogP contribution in [-0.2, 0) is 11.3 Å². The second kappa shape index (κ2) is 8.87. The van der Waals surface area contributed by atoms with E-state index in [0.29, 0.717) is 29.8 Å². The van der Waals surface area contributed by atoms with Gasteiger partial charge in [-0.1, -0.05) is 26.0 Å². The van der Waals surface area contributed by atoms with Crippen molar-refractivity contribution in [2.45, 2.75) is 46.3 Å². The van der Waals surface area contributed by atoms with Gasteiger partial charge in [0.15, 0.2) is 11.9 Å². The molecule has 0 aliphatic carbocycles. The molecule has 2 aromatic carbocycles. The van der Waals surface area contributed by atoms with Gasteiger partial charge in [0.05, 0.1) is 6.54 Å². The molecule has 7 heteroatoms. The summed E-state index contributed by atoms with van der Waals surface area (Å²) in [6.07, 6.45) is -0.629. The van der Waals surface area contributed by atoms with Crippen molar-refractivity contribution in [2.24, 2.45) is 5.73 Å². The molecule has 1 atom stereocenters. The van der Waals surface area contributed by atoms with Gasteiger partial charge in [-0.2, -0.15) is 5.10 Å². The van der Waals surface area contributed by atoms with Gasteiger partial charge in [0, 0.05) is 11.3 Å². The molecule has 0 aliphatic heterocycles. The number of hydrogen-bond acceptors (Lipinski definition) is 5. The smallest absolute Gasteiger partial charge is 0.265 e. The summed E-state index contributed by atoms with van der Waals surface area (Å²) in [7, 11) is 0. The van der Waals surface area contributed by atoms with Crippen LogP contribution in [-0.4, -0.2) is 27.2 Å². The van der Waals surface area contributed by atoms with E-state index in [2.05, 4.69) is 40.4 Å². The fourth-order valence-corrected chi connectivity index (χ4v) is 2.81. The Morgan fingerprint density at radius 1 is 1.17 bits per heavy atom. The topological polar surface area (TPSA) is 106 Å². The summed E-state index contributed by atoms with van der Waals surface area (Å²) >= 11 is 0. The summed E-state index contributed by atoms with van der Waals surface area (Å²) in [5.74, 6) is 2.11. The van der Waals surface area contributed by atoms with E-state index in [1.165, 1.54) is 5.56 Å². The molecule has 152 valence electrons. The van der Waals surface area contributed by atoms with Gasteiger partial charge in [-0.15, -0.1) is 0 Å². The Morgan fingerprint density at radius 2 is 1.90 bits per heavy atom. The van der Waals surface area contributed by atoms with Gasteiger partial charge < -0.3 is 15.8 Å². The highest BCUT2D eigenvalue weighted by atomic mass is 16.5. The average molecular weight is 393 g/mol. The average Bonchev–Trinajstić information content (AvgIpc) is 3.19. The lowest BCUT2D eigenvalue weighted by Gasteiger charge is -2.18. The number of nitrogens with zero attached hydrogens (tertiary/aromatic N) is 2. The van der Waals surface area contributed by atoms with E-state index < -0.39 is 6.10 Å². The molecule has 1 unspecified atom stereocenters. The number of nitrogens with one attached hydrogen (secondary N) is 2. The molecule has 1 aromatic heterocycles. The van der Waals surface area contributed by atoms with E-state index in [1.807, 2.05) is 43.3 Å². The van der Waals surface area contributed by atoms with Gasteiger partial charge in [0.25, 0.3) is 5.91 Å². The van der Waals surface area contributed by atoms with Crippen LogP contribution >= 0.6 is 0 Å². The van der Waals surface area contributed by atoms with Gasteiger partial charge in [-0.05, 0) is 61.2 Å². The van der Waals surface area contributed by atoms with Crippen molar-refractivity contribution in [3.8, 4) is 17.1 Å². The van der Waals surface area contributed by atoms with Crippen LogP contribution in [0.5, 0.6) is 5.75 Å². The van der Waals surface area contributed by atoms with E-state index in [0.717, 1.165) is 16.9 Å². The molecule has 0 bridgehead atoms. The number of ether oxygens (including phenoxy) is 1. The Kier molecular flexibility index (Phi) is 6.29. The van der Waals surface area contributed by atoms with E-state index in [9.17, 15) is 4.79 Å². The lowest BCUT2D eigenvalue weighted by atomic mass is 10.0. The van der Waals surface area contributed by atoms with Crippen molar-refractivity contribution in [2.75, 3.05) is 5.32 Å². The molecule has 1 heterocycles. The van der Waals surface area contributed by atoms with Crippen LogP contribution in [0.3, 0.4) is 0 Å². The molecule has 3 rings (SSSR count). The third-order valence-electron chi connectivity index (χ3n) is 4.69. The standard InChI is InChI=1S/C22H27N5O2/c1-13(2)17-6-5-14(3)19(11-17)29-15(4)22(28)24-18-9-7-16(8-10-18)21-25-20(12-23)26-27-21/h5-11,13,15H,12,23H2,1-4H3,(H,24,28)(H,25,26,27). The van der Waals surface area contributed by atoms with E-state index in [1.54, 1.807) is 6.92 Å². The molecule has 0 saturated heterocycles. The Balaban J connectivity index is 1.64. The molecular formula is C22H27N5O2. The van der Waals surface area contributed by atoms with Gasteiger partial charge in [-0.3, -0.25) is 9.89 Å². The first-order chi connectivity index (χ1) is 13.9. The highest BCUT2D eigenvalue weighted by molar-refractivity contribution is 5.94. The minimum Gasteiger partial charge on any atom is -0.481 e. The number of carbonyl (C=O) groups excluding carboxylic acids is 1. The molecule has 3 aromatic rings. The van der Waals surface area contributed by atoms with Crippen LogP contribution in [0.4, 0.5) is 5.69 Å². The van der Waals surface area contributed by atoms with Crippen molar-refractivity contribution in [3.05, 3.63) is 59.4 Å². The zero-order valence-corrected chi connectivity index (χ0v) is 17.2. The Labute approximate surface area is 170 Å². The van der Waals surface area contributed by atoms with Crippen molar-refractivity contribution < 1.29 is 9.53 Å². The highest BCUT2D eigenvalue weighted by Gasteiger charge is 2.17. The number of amides is 1. The summed E-state index contributed by atoms with van der Waals surface area (Å²) in [6, 6.07) is 13.4. The maximum atomic E-state index is 12.6. The molecule has 1 amide bonds. The Bertz CT molecular complexity index is 979. The van der Waals surface area contributed by atoms with Crippen molar-refractivity contribution >= 4 is 11.6 Å². The molecule has 0 radical (unpaired) electrons. The van der Waals surface area contributed by atoms with Gasteiger partial charge >= 0.3 is 0 Å². The van der Waals surface area contributed by atoms with Crippen LogP contribution < -0.4 is 15.8 Å². The number of carbonyl (C=O) groups is 1. The lowest BCUT2D eigenvalue weighted by molar-refractivity contribution is -0.122. The molecule has 0 saturated carbocycles. The number of nitrogens with two attached hydrogens (primary N) is 1. The third kappa shape index (κ3) is 5.00. The van der Waals surface area contributed by atoms with Crippen LogP contribution in [0.2, 0.25) is 0 Å². The molecule has 0 fully saturated rings. The van der Waals surface area contributed by atoms with E-state index in [4.69, 9.17) is 10.5 Å². The first kappa shape index (κ1) is 20.5. The first-order valence-corrected chi connectivity index (χ1v) is 9.67. The number of aromatic nitrogens is 3. The van der Waals surface area contributed by atoms with Crippen LogP contribution in [0.25, 0.3) is 11.4 Å². The number of H-pyrrole nitrogens is 1. The van der Waals surface area contributed by atoms with Gasteiger partial charge in [-0.25, -0.2) is 4.98 Å². The largest absolute Gasteiger partial charge is 0.481 e. The summed E-state index contributed by atoms with van der Waals surface area (Å²) in [5, 5.41) is 9.79. The molecule has 29 heavy (non-hydrogen) atoms. The van der Waals surface area contributed by atoms with Crippen molar-refractivity contribution in [1.29, 1.82) is 0 Å². The fraction of sp³-hybridized carbons (Fsp3) is 0.318. The van der Waals surface area contributed by atoms with Crippen LogP contribution in [0.1, 0.15) is 43.6 Å². The minimum atomic E-state index is -0.629. The summed E-state index contributed by atoms with van der Waals surface area (Å²) in [4.78, 5) is 16.9. The molecule has 7 nitrogen and oxygen atoms in total. The number of hydrogen-bond donors (Lipinski definition) is 3. The van der Waals surface area contributed by atoms with E-state index in [-0.39, 0.29) is 5.91 Å². The number of aryl methyl sites for hydroxylation is 1. The number of aromatic amines is 1. The SMILES string of the molecule is Cc1ccc(C(C)C)cc1OC(C)C(=O)Nc1ccc(-c2n[nH]c(CN)n2)cc1. The van der Waals surface area contributed by atoms with Crippen molar-refractivity contribution in [1.82, 2.24) is 15.2 Å². The number of benzene rings is 2. The second-order valence-corrected chi connectivity index (χ2v) is 7.32. The van der Waals surface area contributed by atoms with Gasteiger partial charge in [0.1, 0.15) is 11.6 Å². The Morgan fingerprint density at radius 3 is 2.52 bits per heavy atom. The fourth-order valence-electron chi connectivity index (χ4n) is 2.81. The molecule has 4 N–H and O–H groups in total. The van der Waals surface area contributed by atoms with Gasteiger partial charge in [0.2, 0.25) is 0 Å². The molecule has 0 aliphatic rings. The summed E-state index contributed by atoms with van der Waals surface area (Å²) in [5.41, 5.74) is 9.24. The third-order valence-corrected chi connectivity index (χ3v) is 4.69. The number of rotatable bonds is 7. The zero-order chi connectivity index (χ0) is 21.0. The van der Waals surface area contributed by atoms with E-state index >= 15 is 0 Å². The first-order valence-electron chi connectivity index (χ1n) is 9.67. The maximum absolute atomic E-state index is 12.6. The monoisotopic (exact) mass is 393 g/mol. The normalized spacial score (nSPS) is 12.1. The predicted molar refractivity (Wildman–Crippen MR) is 114 cm³/mol. The lowest BCUT2D eigenvalue weighted by Crippen LogP contribution is -2.30. The van der Waals surface area contributed by atoms with Crippen LogP contribution in [0, 0.1) is 6.92 Å². The maximum Gasteiger partial charge on any atom is 0.265 e.